The number of nitrogens with one attached hydrogen (secondary N) is 2. The summed E-state index contributed by atoms with van der Waals surface area (Å²) >= 11 is 1.70. The molecule has 4 rings (SSSR count). The van der Waals surface area contributed by atoms with Crippen LogP contribution in [0.4, 0.5) is 17.2 Å². The Bertz CT molecular complexity index is 1080. The van der Waals surface area contributed by atoms with E-state index in [1.807, 2.05) is 19.1 Å². The molecule has 0 aliphatic heterocycles. The fraction of sp³-hybridized carbons (Fsp3) is 0.381. The van der Waals surface area contributed by atoms with Gasteiger partial charge in [-0.05, 0) is 43.0 Å². The fourth-order valence-corrected chi connectivity index (χ4v) is 5.34. The SMILES string of the molecule is COCC1(OC)CCc2c(sc3ncnc(Nc4cc(C=N)c(N)cc4C)c23)C1. The van der Waals surface area contributed by atoms with Crippen molar-refractivity contribution in [2.75, 3.05) is 31.9 Å². The van der Waals surface area contributed by atoms with Crippen molar-refractivity contribution in [3.05, 3.63) is 40.0 Å². The van der Waals surface area contributed by atoms with Crippen molar-refractivity contribution in [2.45, 2.75) is 31.8 Å². The number of thiophene rings is 1. The molecule has 1 aliphatic rings. The molecule has 8 heteroatoms. The van der Waals surface area contributed by atoms with Crippen LogP contribution < -0.4 is 11.1 Å². The van der Waals surface area contributed by atoms with Gasteiger partial charge in [-0.2, -0.15) is 0 Å². The van der Waals surface area contributed by atoms with Crippen LogP contribution in [0.5, 0.6) is 0 Å². The molecular formula is C21H25N5O2S. The fourth-order valence-electron chi connectivity index (χ4n) is 4.03. The lowest BCUT2D eigenvalue weighted by atomic mass is 9.84. The standard InChI is InChI=1S/C21H25N5O2S/c1-12-6-15(23)13(9-22)7-16(12)26-19-18-14-4-5-21(28-3,10-27-2)8-17(14)29-20(18)25-11-24-19/h6-7,9,11,22H,4-5,8,10,23H2,1-3H3,(H,24,25,26). The Morgan fingerprint density at radius 2 is 2.17 bits per heavy atom. The van der Waals surface area contributed by atoms with Crippen molar-refractivity contribution in [3.8, 4) is 0 Å². The summed E-state index contributed by atoms with van der Waals surface area (Å²) in [6.45, 7) is 2.57. The molecule has 152 valence electrons. The molecule has 0 radical (unpaired) electrons. The third kappa shape index (κ3) is 3.48. The van der Waals surface area contributed by atoms with Crippen LogP contribution in [0.15, 0.2) is 18.5 Å². The monoisotopic (exact) mass is 411 g/mol. The Morgan fingerprint density at radius 3 is 2.90 bits per heavy atom. The van der Waals surface area contributed by atoms with E-state index in [0.717, 1.165) is 46.5 Å². The van der Waals surface area contributed by atoms with Crippen LogP contribution in [0.25, 0.3) is 10.2 Å². The highest BCUT2D eigenvalue weighted by Gasteiger charge is 2.37. The zero-order valence-corrected chi connectivity index (χ0v) is 17.7. The summed E-state index contributed by atoms with van der Waals surface area (Å²) in [5.41, 5.74) is 10.2. The van der Waals surface area contributed by atoms with Gasteiger partial charge in [-0.1, -0.05) is 0 Å². The molecule has 0 saturated heterocycles. The number of rotatable bonds is 6. The number of aryl methyl sites for hydroxylation is 2. The number of nitrogens with two attached hydrogens (primary N) is 1. The molecule has 1 unspecified atom stereocenters. The molecule has 0 saturated carbocycles. The van der Waals surface area contributed by atoms with Gasteiger partial charge in [0.15, 0.2) is 0 Å². The van der Waals surface area contributed by atoms with Crippen molar-refractivity contribution in [2.24, 2.45) is 0 Å². The summed E-state index contributed by atoms with van der Waals surface area (Å²) in [6, 6.07) is 3.76. The number of aromatic nitrogens is 2. The molecule has 2 heterocycles. The number of nitrogen functional groups attached to an aromatic ring is 1. The number of fused-ring (bicyclic) bond motifs is 3. The first-order chi connectivity index (χ1) is 14.0. The largest absolute Gasteiger partial charge is 0.398 e. The maximum absolute atomic E-state index is 7.57. The van der Waals surface area contributed by atoms with Gasteiger partial charge in [0.2, 0.25) is 0 Å². The molecule has 3 aromatic rings. The highest BCUT2D eigenvalue weighted by atomic mass is 32.1. The number of nitrogens with zero attached hydrogens (tertiary/aromatic N) is 2. The lowest BCUT2D eigenvalue weighted by Gasteiger charge is -2.35. The van der Waals surface area contributed by atoms with Gasteiger partial charge in [0.25, 0.3) is 0 Å². The van der Waals surface area contributed by atoms with E-state index in [2.05, 4.69) is 15.3 Å². The van der Waals surface area contributed by atoms with E-state index in [1.54, 1.807) is 31.9 Å². The molecule has 29 heavy (non-hydrogen) atoms. The lowest BCUT2D eigenvalue weighted by molar-refractivity contribution is -0.0714. The lowest BCUT2D eigenvalue weighted by Crippen LogP contribution is -2.41. The van der Waals surface area contributed by atoms with Crippen LogP contribution >= 0.6 is 11.3 Å². The topological polar surface area (TPSA) is 106 Å². The van der Waals surface area contributed by atoms with Gasteiger partial charge in [0.05, 0.1) is 17.6 Å². The summed E-state index contributed by atoms with van der Waals surface area (Å²) in [6.07, 6.45) is 5.45. The van der Waals surface area contributed by atoms with Crippen molar-refractivity contribution < 1.29 is 9.47 Å². The third-order valence-corrected chi connectivity index (χ3v) is 6.80. The van der Waals surface area contributed by atoms with E-state index in [-0.39, 0.29) is 5.60 Å². The van der Waals surface area contributed by atoms with Gasteiger partial charge >= 0.3 is 0 Å². The van der Waals surface area contributed by atoms with Gasteiger partial charge < -0.3 is 25.9 Å². The predicted octanol–water partition coefficient (Wildman–Crippen LogP) is 3.84. The van der Waals surface area contributed by atoms with Crippen LogP contribution in [-0.2, 0) is 22.3 Å². The van der Waals surface area contributed by atoms with E-state index >= 15 is 0 Å². The highest BCUT2D eigenvalue weighted by molar-refractivity contribution is 7.19. The van der Waals surface area contributed by atoms with Crippen LogP contribution in [0, 0.1) is 12.3 Å². The maximum atomic E-state index is 7.57. The minimum Gasteiger partial charge on any atom is -0.398 e. The second kappa shape index (κ2) is 7.70. The van der Waals surface area contributed by atoms with Crippen molar-refractivity contribution >= 4 is 45.0 Å². The van der Waals surface area contributed by atoms with Crippen LogP contribution in [0.3, 0.4) is 0 Å². The van der Waals surface area contributed by atoms with Gasteiger partial charge in [-0.25, -0.2) is 9.97 Å². The van der Waals surface area contributed by atoms with E-state index in [1.165, 1.54) is 16.7 Å². The average Bonchev–Trinajstić information content (AvgIpc) is 3.08. The minimum absolute atomic E-state index is 0.282. The van der Waals surface area contributed by atoms with Gasteiger partial charge in [-0.15, -0.1) is 11.3 Å². The van der Waals surface area contributed by atoms with E-state index in [4.69, 9.17) is 20.6 Å². The molecule has 1 atom stereocenters. The average molecular weight is 412 g/mol. The first-order valence-corrected chi connectivity index (χ1v) is 10.3. The summed E-state index contributed by atoms with van der Waals surface area (Å²) in [5, 5.41) is 12.1. The van der Waals surface area contributed by atoms with Crippen LogP contribution in [0.2, 0.25) is 0 Å². The van der Waals surface area contributed by atoms with Crippen molar-refractivity contribution in [3.63, 3.8) is 0 Å². The van der Waals surface area contributed by atoms with E-state index in [9.17, 15) is 0 Å². The quantitative estimate of drug-likeness (QED) is 0.420. The maximum Gasteiger partial charge on any atom is 0.142 e. The zero-order chi connectivity index (χ0) is 20.6. The summed E-state index contributed by atoms with van der Waals surface area (Å²) in [4.78, 5) is 11.3. The Morgan fingerprint density at radius 1 is 1.34 bits per heavy atom. The van der Waals surface area contributed by atoms with E-state index in [0.29, 0.717) is 17.9 Å². The number of anilines is 3. The molecule has 1 aromatic carbocycles. The molecule has 0 fully saturated rings. The molecule has 0 amide bonds. The Hall–Kier alpha value is -2.55. The first kappa shape index (κ1) is 19.8. The second-order valence-corrected chi connectivity index (χ2v) is 8.55. The number of hydrogen-bond donors (Lipinski definition) is 3. The zero-order valence-electron chi connectivity index (χ0n) is 16.8. The van der Waals surface area contributed by atoms with Crippen molar-refractivity contribution in [1.29, 1.82) is 5.41 Å². The predicted molar refractivity (Wildman–Crippen MR) is 118 cm³/mol. The third-order valence-electron chi connectivity index (χ3n) is 5.66. The van der Waals surface area contributed by atoms with Crippen LogP contribution in [-0.4, -0.2) is 42.6 Å². The van der Waals surface area contributed by atoms with Gasteiger partial charge in [-0.3, -0.25) is 0 Å². The van der Waals surface area contributed by atoms with Crippen LogP contribution in [0.1, 0.15) is 28.0 Å². The molecule has 7 nitrogen and oxygen atoms in total. The Labute approximate surface area is 173 Å². The molecule has 0 spiro atoms. The number of benzene rings is 1. The normalized spacial score (nSPS) is 18.6. The highest BCUT2D eigenvalue weighted by Crippen LogP contribution is 2.42. The summed E-state index contributed by atoms with van der Waals surface area (Å²) in [7, 11) is 3.47. The summed E-state index contributed by atoms with van der Waals surface area (Å²) < 4.78 is 11.3. The molecule has 4 N–H and O–H groups in total. The Balaban J connectivity index is 1.76. The van der Waals surface area contributed by atoms with Crippen molar-refractivity contribution in [1.82, 2.24) is 9.97 Å². The minimum atomic E-state index is -0.282. The number of ether oxygens (including phenoxy) is 2. The van der Waals surface area contributed by atoms with E-state index < -0.39 is 0 Å². The Kier molecular flexibility index (Phi) is 5.24. The molecular weight excluding hydrogens is 386 g/mol. The molecule has 2 aromatic heterocycles. The second-order valence-electron chi connectivity index (χ2n) is 7.47. The first-order valence-electron chi connectivity index (χ1n) is 9.47. The smallest absolute Gasteiger partial charge is 0.142 e. The molecule has 0 bridgehead atoms. The number of methoxy groups -OCH3 is 2. The van der Waals surface area contributed by atoms with Gasteiger partial charge in [0.1, 0.15) is 17.0 Å². The summed E-state index contributed by atoms with van der Waals surface area (Å²) in [5.74, 6) is 0.785. The number of hydrogen-bond acceptors (Lipinski definition) is 8. The molecule has 1 aliphatic carbocycles. The van der Waals surface area contributed by atoms with Gasteiger partial charge in [0, 0.05) is 48.7 Å².